The topological polar surface area (TPSA) is 79.7 Å². The highest BCUT2D eigenvalue weighted by atomic mass is 32.1. The number of anilines is 1. The van der Waals surface area contributed by atoms with Gasteiger partial charge in [-0.15, -0.1) is 0 Å². The van der Waals surface area contributed by atoms with E-state index < -0.39 is 23.5 Å². The van der Waals surface area contributed by atoms with Gasteiger partial charge >= 0.3 is 5.91 Å². The Morgan fingerprint density at radius 2 is 1.85 bits per heavy atom. The van der Waals surface area contributed by atoms with Crippen LogP contribution < -0.4 is 9.64 Å². The van der Waals surface area contributed by atoms with Crippen molar-refractivity contribution in [3.63, 3.8) is 0 Å². The molecule has 1 aliphatic rings. The summed E-state index contributed by atoms with van der Waals surface area (Å²) in [4.78, 5) is 32.4. The van der Waals surface area contributed by atoms with Crippen molar-refractivity contribution in [1.29, 1.82) is 0 Å². The number of aliphatic hydroxyl groups is 1. The Morgan fingerprint density at radius 3 is 2.59 bits per heavy atom. The van der Waals surface area contributed by atoms with Gasteiger partial charge in [-0.1, -0.05) is 41.7 Å². The Labute approximate surface area is 198 Å². The number of hydrogen-bond donors (Lipinski definition) is 1. The van der Waals surface area contributed by atoms with E-state index in [0.717, 1.165) is 10.3 Å². The predicted octanol–water partition coefficient (Wildman–Crippen LogP) is 5.38. The number of Topliss-reactive ketones (excluding diaryl/α,β-unsaturated/α-hetero) is 1. The van der Waals surface area contributed by atoms with E-state index in [1.807, 2.05) is 25.1 Å². The molecule has 8 heteroatoms. The number of fused-ring (bicyclic) bond motifs is 1. The number of benzene rings is 3. The summed E-state index contributed by atoms with van der Waals surface area (Å²) in [6.07, 6.45) is 0. The molecule has 1 saturated heterocycles. The lowest BCUT2D eigenvalue weighted by atomic mass is 9.95. The number of hydrogen-bond acceptors (Lipinski definition) is 6. The Kier molecular flexibility index (Phi) is 5.37. The fourth-order valence-electron chi connectivity index (χ4n) is 4.04. The summed E-state index contributed by atoms with van der Waals surface area (Å²) in [7, 11) is 1.49. The number of halogens is 1. The fourth-order valence-corrected chi connectivity index (χ4v) is 5.13. The van der Waals surface area contributed by atoms with Gasteiger partial charge in [-0.2, -0.15) is 0 Å². The molecular weight excluding hydrogens is 455 g/mol. The maximum Gasteiger partial charge on any atom is 0.301 e. The zero-order chi connectivity index (χ0) is 24.0. The lowest BCUT2D eigenvalue weighted by Crippen LogP contribution is -2.29. The molecule has 5 rings (SSSR count). The molecule has 4 aromatic rings. The van der Waals surface area contributed by atoms with Gasteiger partial charge in [0.05, 0.1) is 28.9 Å². The van der Waals surface area contributed by atoms with Crippen LogP contribution >= 0.6 is 11.3 Å². The van der Waals surface area contributed by atoms with E-state index in [2.05, 4.69) is 4.98 Å². The minimum Gasteiger partial charge on any atom is -0.507 e. The monoisotopic (exact) mass is 474 g/mol. The average molecular weight is 475 g/mol. The van der Waals surface area contributed by atoms with Gasteiger partial charge in [0.15, 0.2) is 5.13 Å². The summed E-state index contributed by atoms with van der Waals surface area (Å²) in [5.41, 5.74) is 2.43. The second kappa shape index (κ2) is 8.39. The Balaban J connectivity index is 1.73. The van der Waals surface area contributed by atoms with Crippen molar-refractivity contribution in [3.05, 3.63) is 94.8 Å². The molecular formula is C26H19FN2O4S. The van der Waals surface area contributed by atoms with Gasteiger partial charge in [-0.3, -0.25) is 14.5 Å². The first-order valence-electron chi connectivity index (χ1n) is 10.5. The van der Waals surface area contributed by atoms with Gasteiger partial charge in [-0.25, -0.2) is 9.37 Å². The summed E-state index contributed by atoms with van der Waals surface area (Å²) in [6, 6.07) is 16.8. The molecule has 1 atom stereocenters. The highest BCUT2D eigenvalue weighted by Gasteiger charge is 2.48. The van der Waals surface area contributed by atoms with Crippen molar-refractivity contribution in [1.82, 2.24) is 4.98 Å². The minimum absolute atomic E-state index is 0.0969. The predicted molar refractivity (Wildman–Crippen MR) is 129 cm³/mol. The van der Waals surface area contributed by atoms with Crippen molar-refractivity contribution in [2.24, 2.45) is 0 Å². The molecule has 34 heavy (non-hydrogen) atoms. The molecule has 0 saturated carbocycles. The van der Waals surface area contributed by atoms with E-state index in [1.165, 1.54) is 47.6 Å². The Hall–Kier alpha value is -4.04. The second-order valence-corrected chi connectivity index (χ2v) is 8.93. The summed E-state index contributed by atoms with van der Waals surface area (Å²) in [5.74, 6) is -1.97. The van der Waals surface area contributed by atoms with Crippen LogP contribution in [0.2, 0.25) is 0 Å². The highest BCUT2D eigenvalue weighted by Crippen LogP contribution is 2.44. The third kappa shape index (κ3) is 3.62. The third-order valence-corrected chi connectivity index (χ3v) is 6.73. The second-order valence-electron chi connectivity index (χ2n) is 7.92. The smallest absolute Gasteiger partial charge is 0.301 e. The normalized spacial score (nSPS) is 17.5. The quantitative estimate of drug-likeness (QED) is 0.244. The van der Waals surface area contributed by atoms with Gasteiger partial charge < -0.3 is 9.84 Å². The summed E-state index contributed by atoms with van der Waals surface area (Å²) in [5, 5.41) is 11.5. The van der Waals surface area contributed by atoms with Crippen molar-refractivity contribution < 1.29 is 23.8 Å². The molecule has 1 aromatic heterocycles. The number of nitrogens with zero attached hydrogens (tertiary/aromatic N) is 2. The van der Waals surface area contributed by atoms with Crippen molar-refractivity contribution >= 4 is 44.1 Å². The maximum absolute atomic E-state index is 13.7. The van der Waals surface area contributed by atoms with Gasteiger partial charge in [0.1, 0.15) is 17.3 Å². The number of aryl methyl sites for hydroxylation is 1. The SMILES string of the molecule is COc1cccc(C(O)=C2C(=O)C(=O)N(c3nc4ccc(C)cc4s3)C2c2ccc(F)cc2)c1. The van der Waals surface area contributed by atoms with Crippen LogP contribution in [0.25, 0.3) is 16.0 Å². The number of amides is 1. The van der Waals surface area contributed by atoms with Crippen molar-refractivity contribution in [3.8, 4) is 5.75 Å². The summed E-state index contributed by atoms with van der Waals surface area (Å²) < 4.78 is 19.8. The summed E-state index contributed by atoms with van der Waals surface area (Å²) in [6.45, 7) is 1.96. The van der Waals surface area contributed by atoms with Crippen LogP contribution in [0.15, 0.2) is 72.3 Å². The van der Waals surface area contributed by atoms with E-state index in [-0.39, 0.29) is 11.3 Å². The zero-order valence-corrected chi connectivity index (χ0v) is 19.1. The lowest BCUT2D eigenvalue weighted by molar-refractivity contribution is -0.132. The molecule has 0 spiro atoms. The molecule has 1 fully saturated rings. The molecule has 1 amide bonds. The third-order valence-electron chi connectivity index (χ3n) is 5.71. The van der Waals surface area contributed by atoms with Crippen LogP contribution in [0.1, 0.15) is 22.7 Å². The van der Waals surface area contributed by atoms with Crippen molar-refractivity contribution in [2.75, 3.05) is 12.0 Å². The number of ether oxygens (including phenoxy) is 1. The number of thiazole rings is 1. The Morgan fingerprint density at radius 1 is 1.09 bits per heavy atom. The van der Waals surface area contributed by atoms with E-state index in [9.17, 15) is 19.1 Å². The number of carbonyl (C=O) groups is 2. The fraction of sp³-hybridized carbons (Fsp3) is 0.115. The molecule has 0 aliphatic carbocycles. The number of methoxy groups -OCH3 is 1. The number of aromatic nitrogens is 1. The lowest BCUT2D eigenvalue weighted by Gasteiger charge is -2.23. The molecule has 3 aromatic carbocycles. The van der Waals surface area contributed by atoms with Gasteiger partial charge in [-0.05, 0) is 54.4 Å². The van der Waals surface area contributed by atoms with E-state index >= 15 is 0 Å². The standard InChI is InChI=1S/C26H19FN2O4S/c1-14-6-11-19-20(12-14)34-26(28-19)29-22(15-7-9-17(27)10-8-15)21(24(31)25(29)32)23(30)16-4-3-5-18(13-16)33-2/h3-13,22,30H,1-2H3. The molecule has 2 heterocycles. The molecule has 1 aliphatic heterocycles. The van der Waals surface area contributed by atoms with Gasteiger partial charge in [0.2, 0.25) is 0 Å². The number of rotatable bonds is 4. The number of aliphatic hydroxyl groups excluding tert-OH is 1. The molecule has 1 N–H and O–H groups in total. The van der Waals surface area contributed by atoms with Crippen LogP contribution in [0.5, 0.6) is 5.75 Å². The van der Waals surface area contributed by atoms with Crippen molar-refractivity contribution in [2.45, 2.75) is 13.0 Å². The Bertz CT molecular complexity index is 1480. The average Bonchev–Trinajstić information content (AvgIpc) is 3.37. The number of carbonyl (C=O) groups excluding carboxylic acids is 2. The van der Waals surface area contributed by atoms with Crippen LogP contribution in [-0.4, -0.2) is 28.9 Å². The summed E-state index contributed by atoms with van der Waals surface area (Å²) >= 11 is 1.28. The van der Waals surface area contributed by atoms with Crippen LogP contribution in [0, 0.1) is 12.7 Å². The van der Waals surface area contributed by atoms with E-state index in [0.29, 0.717) is 27.5 Å². The van der Waals surface area contributed by atoms with E-state index in [1.54, 1.807) is 24.3 Å². The van der Waals surface area contributed by atoms with Gasteiger partial charge in [0, 0.05) is 5.56 Å². The van der Waals surface area contributed by atoms with Crippen LogP contribution in [-0.2, 0) is 9.59 Å². The molecule has 0 bridgehead atoms. The molecule has 0 radical (unpaired) electrons. The highest BCUT2D eigenvalue weighted by molar-refractivity contribution is 7.22. The van der Waals surface area contributed by atoms with Gasteiger partial charge in [0.25, 0.3) is 5.78 Å². The molecule has 1 unspecified atom stereocenters. The first-order valence-corrected chi connectivity index (χ1v) is 11.3. The van der Waals surface area contributed by atoms with E-state index in [4.69, 9.17) is 4.74 Å². The molecule has 6 nitrogen and oxygen atoms in total. The molecule has 170 valence electrons. The zero-order valence-electron chi connectivity index (χ0n) is 18.3. The minimum atomic E-state index is -0.978. The maximum atomic E-state index is 13.7. The number of ketones is 1. The first kappa shape index (κ1) is 21.8. The largest absolute Gasteiger partial charge is 0.507 e. The van der Waals surface area contributed by atoms with Crippen LogP contribution in [0.3, 0.4) is 0 Å². The first-order chi connectivity index (χ1) is 16.4. The van der Waals surface area contributed by atoms with Crippen LogP contribution in [0.4, 0.5) is 9.52 Å².